The SMILES string of the molecule is CC[C@H](N)c1ccccc1N1CCCC(C(C)C)CC1. The third kappa shape index (κ3) is 3.54. The summed E-state index contributed by atoms with van der Waals surface area (Å²) in [6, 6.07) is 8.87. The lowest BCUT2D eigenvalue weighted by molar-refractivity contribution is 0.351. The van der Waals surface area contributed by atoms with Crippen molar-refractivity contribution in [3.8, 4) is 0 Å². The minimum atomic E-state index is 0.162. The van der Waals surface area contributed by atoms with E-state index in [1.165, 1.54) is 43.6 Å². The van der Waals surface area contributed by atoms with Gasteiger partial charge in [0.05, 0.1) is 0 Å². The zero-order valence-electron chi connectivity index (χ0n) is 13.3. The average Bonchev–Trinajstić information content (AvgIpc) is 2.72. The first kappa shape index (κ1) is 15.4. The van der Waals surface area contributed by atoms with E-state index in [4.69, 9.17) is 5.73 Å². The highest BCUT2D eigenvalue weighted by Gasteiger charge is 2.21. The molecule has 1 aromatic carbocycles. The van der Waals surface area contributed by atoms with E-state index in [2.05, 4.69) is 49.9 Å². The van der Waals surface area contributed by atoms with E-state index >= 15 is 0 Å². The lowest BCUT2D eigenvalue weighted by atomic mass is 9.89. The summed E-state index contributed by atoms with van der Waals surface area (Å²) < 4.78 is 0. The lowest BCUT2D eigenvalue weighted by Gasteiger charge is -2.27. The number of hydrogen-bond donors (Lipinski definition) is 1. The Balaban J connectivity index is 2.15. The van der Waals surface area contributed by atoms with Crippen LogP contribution in [0.15, 0.2) is 24.3 Å². The van der Waals surface area contributed by atoms with Gasteiger partial charge in [0.2, 0.25) is 0 Å². The number of nitrogens with two attached hydrogens (primary N) is 1. The molecule has 0 saturated carbocycles. The van der Waals surface area contributed by atoms with Crippen molar-refractivity contribution in [1.82, 2.24) is 0 Å². The maximum atomic E-state index is 6.29. The predicted octanol–water partition coefficient (Wildman–Crippen LogP) is 4.36. The van der Waals surface area contributed by atoms with E-state index in [1.807, 2.05) is 0 Å². The molecular weight excluding hydrogens is 244 g/mol. The minimum absolute atomic E-state index is 0.162. The van der Waals surface area contributed by atoms with E-state index < -0.39 is 0 Å². The summed E-state index contributed by atoms with van der Waals surface area (Å²) >= 11 is 0. The zero-order valence-corrected chi connectivity index (χ0v) is 13.3. The van der Waals surface area contributed by atoms with Gasteiger partial charge in [-0.1, -0.05) is 39.0 Å². The molecule has 1 aromatic rings. The molecule has 1 saturated heterocycles. The summed E-state index contributed by atoms with van der Waals surface area (Å²) in [6.45, 7) is 9.24. The van der Waals surface area contributed by atoms with Crippen molar-refractivity contribution in [1.29, 1.82) is 0 Å². The lowest BCUT2D eigenvalue weighted by Crippen LogP contribution is -2.27. The molecule has 0 aromatic heterocycles. The smallest absolute Gasteiger partial charge is 0.0414 e. The maximum Gasteiger partial charge on any atom is 0.0414 e. The largest absolute Gasteiger partial charge is 0.371 e. The van der Waals surface area contributed by atoms with Crippen LogP contribution in [0.1, 0.15) is 58.1 Å². The number of hydrogen-bond acceptors (Lipinski definition) is 2. The quantitative estimate of drug-likeness (QED) is 0.884. The Morgan fingerprint density at radius 1 is 1.20 bits per heavy atom. The van der Waals surface area contributed by atoms with Crippen LogP contribution >= 0.6 is 0 Å². The van der Waals surface area contributed by atoms with Crippen molar-refractivity contribution in [3.63, 3.8) is 0 Å². The van der Waals surface area contributed by atoms with Gasteiger partial charge in [0.15, 0.2) is 0 Å². The number of benzene rings is 1. The van der Waals surface area contributed by atoms with Crippen LogP contribution in [-0.2, 0) is 0 Å². The van der Waals surface area contributed by atoms with Crippen molar-refractivity contribution in [2.75, 3.05) is 18.0 Å². The first-order valence-corrected chi connectivity index (χ1v) is 8.23. The van der Waals surface area contributed by atoms with Crippen molar-refractivity contribution in [2.24, 2.45) is 17.6 Å². The number of anilines is 1. The normalized spacial score (nSPS) is 21.9. The Morgan fingerprint density at radius 2 is 1.95 bits per heavy atom. The van der Waals surface area contributed by atoms with Gasteiger partial charge in [-0.05, 0) is 49.1 Å². The van der Waals surface area contributed by atoms with Gasteiger partial charge in [0, 0.05) is 24.8 Å². The fourth-order valence-corrected chi connectivity index (χ4v) is 3.34. The van der Waals surface area contributed by atoms with Crippen LogP contribution in [-0.4, -0.2) is 13.1 Å². The van der Waals surface area contributed by atoms with Crippen LogP contribution in [0.5, 0.6) is 0 Å². The topological polar surface area (TPSA) is 29.3 Å². The molecule has 1 aliphatic rings. The van der Waals surface area contributed by atoms with Crippen LogP contribution in [0.25, 0.3) is 0 Å². The molecule has 2 atom stereocenters. The van der Waals surface area contributed by atoms with Crippen molar-refractivity contribution < 1.29 is 0 Å². The van der Waals surface area contributed by atoms with Gasteiger partial charge in [-0.25, -0.2) is 0 Å². The minimum Gasteiger partial charge on any atom is -0.371 e. The summed E-state index contributed by atoms with van der Waals surface area (Å²) in [7, 11) is 0. The number of rotatable bonds is 4. The zero-order chi connectivity index (χ0) is 14.5. The average molecular weight is 274 g/mol. The molecule has 0 radical (unpaired) electrons. The van der Waals surface area contributed by atoms with Crippen LogP contribution in [0.3, 0.4) is 0 Å². The highest BCUT2D eigenvalue weighted by molar-refractivity contribution is 5.55. The Morgan fingerprint density at radius 3 is 2.65 bits per heavy atom. The molecule has 1 unspecified atom stereocenters. The Kier molecular flexibility index (Phi) is 5.47. The van der Waals surface area contributed by atoms with Gasteiger partial charge < -0.3 is 10.6 Å². The highest BCUT2D eigenvalue weighted by atomic mass is 15.1. The van der Waals surface area contributed by atoms with Crippen molar-refractivity contribution >= 4 is 5.69 Å². The van der Waals surface area contributed by atoms with E-state index in [-0.39, 0.29) is 6.04 Å². The summed E-state index contributed by atoms with van der Waals surface area (Å²) in [5.41, 5.74) is 8.97. The van der Waals surface area contributed by atoms with E-state index in [0.29, 0.717) is 0 Å². The van der Waals surface area contributed by atoms with E-state index in [1.54, 1.807) is 0 Å². The second-order valence-electron chi connectivity index (χ2n) is 6.50. The second-order valence-corrected chi connectivity index (χ2v) is 6.50. The Labute approximate surface area is 124 Å². The molecule has 2 N–H and O–H groups in total. The van der Waals surface area contributed by atoms with Crippen molar-refractivity contribution in [3.05, 3.63) is 29.8 Å². The summed E-state index contributed by atoms with van der Waals surface area (Å²) in [5.74, 6) is 1.69. The molecule has 20 heavy (non-hydrogen) atoms. The predicted molar refractivity (Wildman–Crippen MR) is 88.1 cm³/mol. The molecular formula is C18H30N2. The standard InChI is InChI=1S/C18H30N2/c1-4-17(19)16-9-5-6-10-18(16)20-12-7-8-15(11-13-20)14(2)3/h5-6,9-10,14-15,17H,4,7-8,11-13,19H2,1-3H3/t15?,17-/m0/s1. The van der Waals surface area contributed by atoms with Gasteiger partial charge in [0.25, 0.3) is 0 Å². The van der Waals surface area contributed by atoms with Crippen LogP contribution in [0.2, 0.25) is 0 Å². The van der Waals surface area contributed by atoms with Gasteiger partial charge in [-0.2, -0.15) is 0 Å². The van der Waals surface area contributed by atoms with Gasteiger partial charge in [0.1, 0.15) is 0 Å². The van der Waals surface area contributed by atoms with Crippen LogP contribution in [0, 0.1) is 11.8 Å². The van der Waals surface area contributed by atoms with Crippen LogP contribution in [0.4, 0.5) is 5.69 Å². The fourth-order valence-electron chi connectivity index (χ4n) is 3.34. The molecule has 1 aliphatic heterocycles. The van der Waals surface area contributed by atoms with Gasteiger partial charge in [-0.15, -0.1) is 0 Å². The summed E-state index contributed by atoms with van der Waals surface area (Å²) in [4.78, 5) is 2.56. The molecule has 0 aliphatic carbocycles. The van der Waals surface area contributed by atoms with Gasteiger partial charge >= 0.3 is 0 Å². The highest BCUT2D eigenvalue weighted by Crippen LogP contribution is 2.31. The number of nitrogens with zero attached hydrogens (tertiary/aromatic N) is 1. The monoisotopic (exact) mass is 274 g/mol. The molecule has 2 nitrogen and oxygen atoms in total. The first-order valence-electron chi connectivity index (χ1n) is 8.23. The number of para-hydroxylation sites is 1. The molecule has 0 amide bonds. The Hall–Kier alpha value is -1.02. The molecule has 0 bridgehead atoms. The summed E-state index contributed by atoms with van der Waals surface area (Å²) in [5, 5.41) is 0. The third-order valence-corrected chi connectivity index (χ3v) is 4.83. The molecule has 2 rings (SSSR count). The molecule has 112 valence electrons. The Bertz CT molecular complexity index is 414. The second kappa shape index (κ2) is 7.12. The van der Waals surface area contributed by atoms with Crippen molar-refractivity contribution in [2.45, 2.75) is 52.5 Å². The summed E-state index contributed by atoms with van der Waals surface area (Å²) in [6.07, 6.45) is 4.99. The maximum absolute atomic E-state index is 6.29. The molecule has 1 heterocycles. The molecule has 2 heteroatoms. The fraction of sp³-hybridized carbons (Fsp3) is 0.667. The molecule has 0 spiro atoms. The van der Waals surface area contributed by atoms with E-state index in [9.17, 15) is 0 Å². The molecule has 1 fully saturated rings. The van der Waals surface area contributed by atoms with E-state index in [0.717, 1.165) is 18.3 Å². The first-order chi connectivity index (χ1) is 9.63. The van der Waals surface area contributed by atoms with Crippen LogP contribution < -0.4 is 10.6 Å². The third-order valence-electron chi connectivity index (χ3n) is 4.83. The van der Waals surface area contributed by atoms with Gasteiger partial charge in [-0.3, -0.25) is 0 Å².